The summed E-state index contributed by atoms with van der Waals surface area (Å²) in [7, 11) is 3.38. The molecule has 15 heavy (non-hydrogen) atoms. The topological polar surface area (TPSA) is 29.5 Å². The molecule has 1 rings (SSSR count). The molecular weight excluding hydrogens is 214 g/mol. The second-order valence-electron chi connectivity index (χ2n) is 3.49. The highest BCUT2D eigenvalue weighted by molar-refractivity contribution is 6.30. The van der Waals surface area contributed by atoms with Gasteiger partial charge in [0.1, 0.15) is 5.75 Å². The second-order valence-corrected chi connectivity index (χ2v) is 3.92. The Balaban J connectivity index is 2.65. The van der Waals surface area contributed by atoms with Gasteiger partial charge in [-0.2, -0.15) is 0 Å². The first-order valence-corrected chi connectivity index (χ1v) is 4.97. The number of rotatable bonds is 3. The maximum Gasteiger partial charge on any atom is 0.259 e. The number of aryl methyl sites for hydroxylation is 1. The highest BCUT2D eigenvalue weighted by Crippen LogP contribution is 2.22. The molecule has 0 bridgehead atoms. The van der Waals surface area contributed by atoms with E-state index in [1.807, 2.05) is 13.0 Å². The summed E-state index contributed by atoms with van der Waals surface area (Å²) >= 11 is 5.82. The van der Waals surface area contributed by atoms with Gasteiger partial charge < -0.3 is 9.64 Å². The minimum Gasteiger partial charge on any atom is -0.483 e. The van der Waals surface area contributed by atoms with Crippen LogP contribution in [0.3, 0.4) is 0 Å². The molecule has 4 heteroatoms. The minimum absolute atomic E-state index is 0.0359. The molecule has 82 valence electrons. The molecule has 3 nitrogen and oxygen atoms in total. The van der Waals surface area contributed by atoms with Gasteiger partial charge in [0, 0.05) is 19.1 Å². The molecule has 0 saturated heterocycles. The first kappa shape index (κ1) is 11.9. The van der Waals surface area contributed by atoms with E-state index in [4.69, 9.17) is 16.3 Å². The van der Waals surface area contributed by atoms with E-state index in [0.717, 1.165) is 5.56 Å². The van der Waals surface area contributed by atoms with E-state index in [9.17, 15) is 4.79 Å². The van der Waals surface area contributed by atoms with Crippen LogP contribution >= 0.6 is 11.6 Å². The molecule has 0 aliphatic heterocycles. The van der Waals surface area contributed by atoms with Gasteiger partial charge in [-0.1, -0.05) is 17.7 Å². The van der Waals surface area contributed by atoms with Crippen LogP contribution in [-0.2, 0) is 4.79 Å². The Morgan fingerprint density at radius 3 is 2.73 bits per heavy atom. The highest BCUT2D eigenvalue weighted by Gasteiger charge is 2.06. The Labute approximate surface area is 94.6 Å². The highest BCUT2D eigenvalue weighted by atomic mass is 35.5. The molecule has 0 aliphatic carbocycles. The smallest absolute Gasteiger partial charge is 0.259 e. The lowest BCUT2D eigenvalue weighted by molar-refractivity contribution is -0.130. The third-order valence-corrected chi connectivity index (χ3v) is 2.24. The van der Waals surface area contributed by atoms with Gasteiger partial charge in [0.2, 0.25) is 0 Å². The van der Waals surface area contributed by atoms with Crippen LogP contribution in [0, 0.1) is 6.92 Å². The standard InChI is InChI=1S/C11H14ClNO2/c1-8-4-5-9(12)6-10(8)15-7-11(14)13(2)3/h4-6H,7H2,1-3H3. The summed E-state index contributed by atoms with van der Waals surface area (Å²) in [6.07, 6.45) is 0. The number of halogens is 1. The molecule has 0 spiro atoms. The summed E-state index contributed by atoms with van der Waals surface area (Å²) in [5.41, 5.74) is 0.964. The zero-order valence-electron chi connectivity index (χ0n) is 9.08. The van der Waals surface area contributed by atoms with Crippen molar-refractivity contribution < 1.29 is 9.53 Å². The van der Waals surface area contributed by atoms with Gasteiger partial charge in [-0.3, -0.25) is 4.79 Å². The monoisotopic (exact) mass is 227 g/mol. The zero-order chi connectivity index (χ0) is 11.4. The van der Waals surface area contributed by atoms with E-state index >= 15 is 0 Å². The molecule has 0 atom stereocenters. The fourth-order valence-corrected chi connectivity index (χ4v) is 1.16. The predicted molar refractivity (Wildman–Crippen MR) is 60.4 cm³/mol. The summed E-state index contributed by atoms with van der Waals surface area (Å²) in [6.45, 7) is 1.94. The van der Waals surface area contributed by atoms with Gasteiger partial charge in [0.25, 0.3) is 5.91 Å². The van der Waals surface area contributed by atoms with Gasteiger partial charge in [0.15, 0.2) is 6.61 Å². The van der Waals surface area contributed by atoms with E-state index < -0.39 is 0 Å². The van der Waals surface area contributed by atoms with E-state index in [-0.39, 0.29) is 12.5 Å². The quantitative estimate of drug-likeness (QED) is 0.792. The largest absolute Gasteiger partial charge is 0.483 e. The molecule has 1 aromatic carbocycles. The van der Waals surface area contributed by atoms with Gasteiger partial charge in [-0.05, 0) is 24.6 Å². The van der Waals surface area contributed by atoms with Crippen molar-refractivity contribution in [2.75, 3.05) is 20.7 Å². The van der Waals surface area contributed by atoms with Crippen molar-refractivity contribution in [3.05, 3.63) is 28.8 Å². The first-order chi connectivity index (χ1) is 7.00. The minimum atomic E-state index is -0.0747. The summed E-state index contributed by atoms with van der Waals surface area (Å²) < 4.78 is 5.37. The Morgan fingerprint density at radius 2 is 2.13 bits per heavy atom. The Morgan fingerprint density at radius 1 is 1.47 bits per heavy atom. The fraction of sp³-hybridized carbons (Fsp3) is 0.364. The van der Waals surface area contributed by atoms with Gasteiger partial charge in [-0.15, -0.1) is 0 Å². The number of benzene rings is 1. The van der Waals surface area contributed by atoms with Crippen molar-refractivity contribution in [1.82, 2.24) is 4.90 Å². The van der Waals surface area contributed by atoms with Crippen LogP contribution in [0.5, 0.6) is 5.75 Å². The van der Waals surface area contributed by atoms with E-state index in [2.05, 4.69) is 0 Å². The lowest BCUT2D eigenvalue weighted by atomic mass is 10.2. The fourth-order valence-electron chi connectivity index (χ4n) is 0.998. The second kappa shape index (κ2) is 5.03. The van der Waals surface area contributed by atoms with Crippen LogP contribution in [0.25, 0.3) is 0 Å². The van der Waals surface area contributed by atoms with Crippen LogP contribution in [-0.4, -0.2) is 31.5 Å². The van der Waals surface area contributed by atoms with Gasteiger partial charge >= 0.3 is 0 Å². The van der Waals surface area contributed by atoms with Gasteiger partial charge in [0.05, 0.1) is 0 Å². The predicted octanol–water partition coefficient (Wildman–Crippen LogP) is 2.12. The van der Waals surface area contributed by atoms with Crippen molar-refractivity contribution in [3.8, 4) is 5.75 Å². The molecule has 0 N–H and O–H groups in total. The summed E-state index contributed by atoms with van der Waals surface area (Å²) in [6, 6.07) is 5.36. The lowest BCUT2D eigenvalue weighted by Gasteiger charge is -2.12. The van der Waals surface area contributed by atoms with Crippen LogP contribution in [0.1, 0.15) is 5.56 Å². The summed E-state index contributed by atoms with van der Waals surface area (Å²) in [5, 5.41) is 0.605. The molecular formula is C11H14ClNO2. The number of carbonyl (C=O) groups is 1. The Hall–Kier alpha value is -1.22. The molecule has 0 unspecified atom stereocenters. The maximum absolute atomic E-state index is 11.3. The number of hydrogen-bond acceptors (Lipinski definition) is 2. The van der Waals surface area contributed by atoms with Crippen molar-refractivity contribution in [2.24, 2.45) is 0 Å². The molecule has 0 fully saturated rings. The molecule has 1 aromatic rings. The summed E-state index contributed by atoms with van der Waals surface area (Å²) in [4.78, 5) is 12.8. The SMILES string of the molecule is Cc1ccc(Cl)cc1OCC(=O)N(C)C. The van der Waals surface area contributed by atoms with Crippen molar-refractivity contribution in [2.45, 2.75) is 6.92 Å². The molecule has 0 aromatic heterocycles. The van der Waals surface area contributed by atoms with Crippen molar-refractivity contribution in [1.29, 1.82) is 0 Å². The third-order valence-electron chi connectivity index (χ3n) is 2.00. The lowest BCUT2D eigenvalue weighted by Crippen LogP contribution is -2.27. The van der Waals surface area contributed by atoms with E-state index in [1.54, 1.807) is 26.2 Å². The maximum atomic E-state index is 11.3. The van der Waals surface area contributed by atoms with Crippen molar-refractivity contribution >= 4 is 17.5 Å². The van der Waals surface area contributed by atoms with Crippen LogP contribution in [0.2, 0.25) is 5.02 Å². The summed E-state index contributed by atoms with van der Waals surface area (Å²) in [5.74, 6) is 0.576. The molecule has 0 radical (unpaired) electrons. The Kier molecular flexibility index (Phi) is 3.97. The molecule has 0 heterocycles. The average Bonchev–Trinajstić information content (AvgIpc) is 2.18. The molecule has 0 aliphatic rings. The number of hydrogen-bond donors (Lipinski definition) is 0. The van der Waals surface area contributed by atoms with Crippen molar-refractivity contribution in [3.63, 3.8) is 0 Å². The van der Waals surface area contributed by atoms with Crippen LogP contribution < -0.4 is 4.74 Å². The normalized spacial score (nSPS) is 9.87. The third kappa shape index (κ3) is 3.44. The zero-order valence-corrected chi connectivity index (χ0v) is 9.84. The van der Waals surface area contributed by atoms with Gasteiger partial charge in [-0.25, -0.2) is 0 Å². The molecule has 0 saturated carbocycles. The number of carbonyl (C=O) groups excluding carboxylic acids is 1. The number of likely N-dealkylation sites (N-methyl/N-ethyl adjacent to an activating group) is 1. The Bertz CT molecular complexity index is 364. The number of nitrogens with zero attached hydrogens (tertiary/aromatic N) is 1. The number of ether oxygens (including phenoxy) is 1. The van der Waals surface area contributed by atoms with Crippen LogP contribution in [0.4, 0.5) is 0 Å². The van der Waals surface area contributed by atoms with E-state index in [0.29, 0.717) is 10.8 Å². The van der Waals surface area contributed by atoms with E-state index in [1.165, 1.54) is 4.90 Å². The average molecular weight is 228 g/mol. The molecule has 1 amide bonds. The first-order valence-electron chi connectivity index (χ1n) is 4.60. The van der Waals surface area contributed by atoms with Crippen LogP contribution in [0.15, 0.2) is 18.2 Å². The number of amides is 1.